The fourth-order valence-corrected chi connectivity index (χ4v) is 0.916. The average Bonchev–Trinajstić information content (AvgIpc) is 1.96. The van der Waals surface area contributed by atoms with Crippen molar-refractivity contribution in [3.05, 3.63) is 0 Å². The lowest BCUT2D eigenvalue weighted by Gasteiger charge is -2.04. The van der Waals surface area contributed by atoms with Crippen molar-refractivity contribution >= 4 is 5.78 Å². The Bertz CT molecular complexity index is 147. The number of halogens is 2. The molecule has 0 aromatic heterocycles. The summed E-state index contributed by atoms with van der Waals surface area (Å²) < 4.78 is 27.7. The highest BCUT2D eigenvalue weighted by molar-refractivity contribution is 5.78. The van der Waals surface area contributed by atoms with Crippen LogP contribution in [0.4, 0.5) is 8.78 Å². The van der Waals surface area contributed by atoms with Crippen LogP contribution in [0.1, 0.15) is 26.7 Å². The van der Waals surface area contributed by atoms with Gasteiger partial charge in [-0.25, -0.2) is 8.78 Å². The molecule has 0 aromatic carbocycles. The SMILES string of the molecule is CC(C)CC(=O)CCOCC(F)F. The number of ketones is 1. The number of alkyl halides is 2. The number of rotatable bonds is 7. The van der Waals surface area contributed by atoms with Crippen molar-refractivity contribution in [2.75, 3.05) is 13.2 Å². The van der Waals surface area contributed by atoms with Crippen molar-refractivity contribution in [1.82, 2.24) is 0 Å². The minimum Gasteiger partial charge on any atom is -0.375 e. The Hall–Kier alpha value is -0.510. The minimum absolute atomic E-state index is 0.0734. The second-order valence-corrected chi connectivity index (χ2v) is 3.35. The summed E-state index contributed by atoms with van der Waals surface area (Å²) in [6.07, 6.45) is -1.71. The maximum Gasteiger partial charge on any atom is 0.261 e. The zero-order valence-electron chi connectivity index (χ0n) is 8.06. The van der Waals surface area contributed by atoms with Crippen LogP contribution in [0.3, 0.4) is 0 Å². The van der Waals surface area contributed by atoms with E-state index in [0.29, 0.717) is 12.3 Å². The van der Waals surface area contributed by atoms with Crippen LogP contribution in [0, 0.1) is 5.92 Å². The molecule has 0 saturated carbocycles. The number of Topliss-reactive ketones (excluding diaryl/α,β-unsaturated/α-hetero) is 1. The third-order valence-corrected chi connectivity index (χ3v) is 1.40. The summed E-state index contributed by atoms with van der Waals surface area (Å²) >= 11 is 0. The summed E-state index contributed by atoms with van der Waals surface area (Å²) in [7, 11) is 0. The molecule has 0 radical (unpaired) electrons. The van der Waals surface area contributed by atoms with Crippen molar-refractivity contribution in [2.24, 2.45) is 5.92 Å². The smallest absolute Gasteiger partial charge is 0.261 e. The summed E-state index contributed by atoms with van der Waals surface area (Å²) in [5.41, 5.74) is 0. The Morgan fingerprint density at radius 2 is 2.00 bits per heavy atom. The van der Waals surface area contributed by atoms with Gasteiger partial charge >= 0.3 is 0 Å². The molecule has 2 nitrogen and oxygen atoms in total. The number of carbonyl (C=O) groups is 1. The van der Waals surface area contributed by atoms with E-state index >= 15 is 0 Å². The molecule has 0 heterocycles. The van der Waals surface area contributed by atoms with Gasteiger partial charge in [-0.2, -0.15) is 0 Å². The molecule has 0 aliphatic heterocycles. The second kappa shape index (κ2) is 6.95. The van der Waals surface area contributed by atoms with E-state index in [1.165, 1.54) is 0 Å². The molecule has 4 heteroatoms. The van der Waals surface area contributed by atoms with Gasteiger partial charge in [0.2, 0.25) is 0 Å². The van der Waals surface area contributed by atoms with Crippen LogP contribution >= 0.6 is 0 Å². The number of ether oxygens (including phenoxy) is 1. The summed E-state index contributed by atoms with van der Waals surface area (Å²) in [6.45, 7) is 3.42. The van der Waals surface area contributed by atoms with E-state index in [1.54, 1.807) is 0 Å². The summed E-state index contributed by atoms with van der Waals surface area (Å²) in [5.74, 6) is 0.395. The molecule has 0 saturated heterocycles. The molecular weight excluding hydrogens is 178 g/mol. The first-order valence-electron chi connectivity index (χ1n) is 4.40. The van der Waals surface area contributed by atoms with Gasteiger partial charge in [0.25, 0.3) is 6.43 Å². The molecule has 0 aliphatic rings. The predicted molar refractivity (Wildman–Crippen MR) is 45.9 cm³/mol. The normalized spacial score (nSPS) is 11.2. The van der Waals surface area contributed by atoms with Crippen LogP contribution in [0.2, 0.25) is 0 Å². The molecule has 0 amide bonds. The van der Waals surface area contributed by atoms with E-state index in [2.05, 4.69) is 4.74 Å². The molecule has 78 valence electrons. The second-order valence-electron chi connectivity index (χ2n) is 3.35. The van der Waals surface area contributed by atoms with Crippen LogP contribution in [0.5, 0.6) is 0 Å². The standard InChI is InChI=1S/C9H16F2O2/c1-7(2)5-8(12)3-4-13-6-9(10)11/h7,9H,3-6H2,1-2H3. The first-order chi connectivity index (χ1) is 6.02. The van der Waals surface area contributed by atoms with Crippen LogP contribution in [0.15, 0.2) is 0 Å². The maximum atomic E-state index is 11.6. The number of hydrogen-bond donors (Lipinski definition) is 0. The van der Waals surface area contributed by atoms with Gasteiger partial charge in [-0.1, -0.05) is 13.8 Å². The average molecular weight is 194 g/mol. The Morgan fingerprint density at radius 1 is 1.38 bits per heavy atom. The Labute approximate surface area is 77.3 Å². The lowest BCUT2D eigenvalue weighted by Crippen LogP contribution is -2.10. The molecule has 0 atom stereocenters. The van der Waals surface area contributed by atoms with Crippen molar-refractivity contribution in [3.63, 3.8) is 0 Å². The van der Waals surface area contributed by atoms with Gasteiger partial charge in [0.1, 0.15) is 12.4 Å². The zero-order valence-corrected chi connectivity index (χ0v) is 8.06. The molecule has 0 rings (SSSR count). The van der Waals surface area contributed by atoms with Crippen molar-refractivity contribution in [3.8, 4) is 0 Å². The lowest BCUT2D eigenvalue weighted by atomic mass is 10.1. The third kappa shape index (κ3) is 9.40. The highest BCUT2D eigenvalue weighted by atomic mass is 19.3. The Kier molecular flexibility index (Phi) is 6.68. The first kappa shape index (κ1) is 12.5. The zero-order chi connectivity index (χ0) is 10.3. The number of hydrogen-bond acceptors (Lipinski definition) is 2. The van der Waals surface area contributed by atoms with Gasteiger partial charge in [0.15, 0.2) is 0 Å². The highest BCUT2D eigenvalue weighted by Gasteiger charge is 2.06. The predicted octanol–water partition coefficient (Wildman–Crippen LogP) is 2.27. The third-order valence-electron chi connectivity index (χ3n) is 1.40. The molecule has 0 aliphatic carbocycles. The van der Waals surface area contributed by atoms with E-state index < -0.39 is 13.0 Å². The van der Waals surface area contributed by atoms with Crippen LogP contribution in [-0.2, 0) is 9.53 Å². The van der Waals surface area contributed by atoms with E-state index in [-0.39, 0.29) is 18.8 Å². The molecule has 0 bridgehead atoms. The van der Waals surface area contributed by atoms with Gasteiger partial charge < -0.3 is 4.74 Å². The van der Waals surface area contributed by atoms with Gasteiger partial charge in [0, 0.05) is 12.8 Å². The van der Waals surface area contributed by atoms with Crippen LogP contribution in [0.25, 0.3) is 0 Å². The molecular formula is C9H16F2O2. The van der Waals surface area contributed by atoms with Gasteiger partial charge in [0.05, 0.1) is 6.61 Å². The summed E-state index contributed by atoms with van der Waals surface area (Å²) in [4.78, 5) is 11.0. The number of carbonyl (C=O) groups excluding carboxylic acids is 1. The van der Waals surface area contributed by atoms with Crippen molar-refractivity contribution in [2.45, 2.75) is 33.1 Å². The van der Waals surface area contributed by atoms with Crippen LogP contribution in [-0.4, -0.2) is 25.4 Å². The van der Waals surface area contributed by atoms with E-state index in [4.69, 9.17) is 0 Å². The highest BCUT2D eigenvalue weighted by Crippen LogP contribution is 2.03. The fraction of sp³-hybridized carbons (Fsp3) is 0.889. The van der Waals surface area contributed by atoms with Crippen molar-refractivity contribution < 1.29 is 18.3 Å². The monoisotopic (exact) mass is 194 g/mol. The molecule has 0 spiro atoms. The quantitative estimate of drug-likeness (QED) is 0.581. The summed E-state index contributed by atoms with van der Waals surface area (Å²) in [6, 6.07) is 0. The molecule has 0 N–H and O–H groups in total. The largest absolute Gasteiger partial charge is 0.375 e. The first-order valence-corrected chi connectivity index (χ1v) is 4.40. The molecule has 0 aromatic rings. The van der Waals surface area contributed by atoms with Gasteiger partial charge in [-0.15, -0.1) is 0 Å². The maximum absolute atomic E-state index is 11.6. The lowest BCUT2D eigenvalue weighted by molar-refractivity contribution is -0.121. The van der Waals surface area contributed by atoms with Crippen molar-refractivity contribution in [1.29, 1.82) is 0 Å². The van der Waals surface area contributed by atoms with Gasteiger partial charge in [-0.05, 0) is 5.92 Å². The fourth-order valence-electron chi connectivity index (χ4n) is 0.916. The topological polar surface area (TPSA) is 26.3 Å². The van der Waals surface area contributed by atoms with E-state index in [9.17, 15) is 13.6 Å². The summed E-state index contributed by atoms with van der Waals surface area (Å²) in [5, 5.41) is 0. The molecule has 13 heavy (non-hydrogen) atoms. The van der Waals surface area contributed by atoms with E-state index in [1.807, 2.05) is 13.8 Å². The Balaban J connectivity index is 3.27. The van der Waals surface area contributed by atoms with Crippen LogP contribution < -0.4 is 0 Å². The van der Waals surface area contributed by atoms with Gasteiger partial charge in [-0.3, -0.25) is 4.79 Å². The molecule has 0 fully saturated rings. The molecule has 0 unspecified atom stereocenters. The Morgan fingerprint density at radius 3 is 2.46 bits per heavy atom. The minimum atomic E-state index is -2.44. The van der Waals surface area contributed by atoms with E-state index in [0.717, 1.165) is 0 Å².